The van der Waals surface area contributed by atoms with Crippen molar-refractivity contribution in [3.05, 3.63) is 53.1 Å². The molecule has 2 aromatic carbocycles. The Labute approximate surface area is 116 Å². The van der Waals surface area contributed by atoms with Gasteiger partial charge in [-0.25, -0.2) is 4.79 Å². The highest BCUT2D eigenvalue weighted by Gasteiger charge is 2.14. The van der Waals surface area contributed by atoms with E-state index in [2.05, 4.69) is 0 Å². The first kappa shape index (κ1) is 13.5. The molecular formula is C15H15NO2S. The van der Waals surface area contributed by atoms with Crippen LogP contribution in [0.2, 0.25) is 0 Å². The van der Waals surface area contributed by atoms with E-state index in [1.807, 2.05) is 32.0 Å². The van der Waals surface area contributed by atoms with E-state index in [0.29, 0.717) is 10.6 Å². The molecule has 0 aliphatic carbocycles. The minimum absolute atomic E-state index is 0.239. The number of aromatic carboxylic acids is 1. The smallest absolute Gasteiger partial charge is 0.336 e. The number of benzene rings is 2. The summed E-state index contributed by atoms with van der Waals surface area (Å²) in [4.78, 5) is 12.8. The van der Waals surface area contributed by atoms with Crippen molar-refractivity contribution in [1.82, 2.24) is 0 Å². The molecule has 4 heteroatoms. The summed E-state index contributed by atoms with van der Waals surface area (Å²) in [6, 6.07) is 11.0. The second kappa shape index (κ2) is 5.36. The number of carbonyl (C=O) groups is 1. The van der Waals surface area contributed by atoms with Gasteiger partial charge in [0.05, 0.1) is 5.56 Å². The standard InChI is InChI=1S/C15H15NO2S/c1-9-6-7-11(8-10(9)2)19-14-12(15(17)18)4-3-5-13(14)16/h3-8H,16H2,1-2H3,(H,17,18). The highest BCUT2D eigenvalue weighted by Crippen LogP contribution is 2.35. The summed E-state index contributed by atoms with van der Waals surface area (Å²) >= 11 is 1.39. The van der Waals surface area contributed by atoms with Crippen LogP contribution in [0.4, 0.5) is 5.69 Å². The molecule has 0 radical (unpaired) electrons. The third-order valence-electron chi connectivity index (χ3n) is 2.97. The lowest BCUT2D eigenvalue weighted by Gasteiger charge is -2.10. The van der Waals surface area contributed by atoms with E-state index in [4.69, 9.17) is 5.73 Å². The van der Waals surface area contributed by atoms with Crippen molar-refractivity contribution in [2.75, 3.05) is 5.73 Å². The third kappa shape index (κ3) is 2.90. The lowest BCUT2D eigenvalue weighted by molar-refractivity contribution is 0.0693. The summed E-state index contributed by atoms with van der Waals surface area (Å²) in [6.07, 6.45) is 0. The van der Waals surface area contributed by atoms with Gasteiger partial charge in [0, 0.05) is 15.5 Å². The van der Waals surface area contributed by atoms with Gasteiger partial charge >= 0.3 is 5.97 Å². The Hall–Kier alpha value is -1.94. The van der Waals surface area contributed by atoms with Gasteiger partial charge in [-0.1, -0.05) is 23.9 Å². The number of anilines is 1. The summed E-state index contributed by atoms with van der Waals surface area (Å²) in [5.41, 5.74) is 9.01. The van der Waals surface area contributed by atoms with E-state index in [0.717, 1.165) is 4.90 Å². The maximum atomic E-state index is 11.2. The van der Waals surface area contributed by atoms with Crippen LogP contribution < -0.4 is 5.73 Å². The van der Waals surface area contributed by atoms with Gasteiger partial charge in [0.25, 0.3) is 0 Å². The number of aryl methyl sites for hydroxylation is 2. The maximum absolute atomic E-state index is 11.2. The average Bonchev–Trinajstić information content (AvgIpc) is 2.36. The molecule has 0 aliphatic rings. The SMILES string of the molecule is Cc1ccc(Sc2c(N)cccc2C(=O)O)cc1C. The molecule has 0 spiro atoms. The van der Waals surface area contributed by atoms with Crippen LogP contribution in [0.25, 0.3) is 0 Å². The van der Waals surface area contributed by atoms with Crippen LogP contribution in [-0.4, -0.2) is 11.1 Å². The molecule has 0 saturated carbocycles. The lowest BCUT2D eigenvalue weighted by atomic mass is 10.1. The number of hydrogen-bond donors (Lipinski definition) is 2. The van der Waals surface area contributed by atoms with Crippen LogP contribution in [-0.2, 0) is 0 Å². The number of carboxylic acid groups (broad SMARTS) is 1. The predicted molar refractivity (Wildman–Crippen MR) is 77.9 cm³/mol. The van der Waals surface area contributed by atoms with Crippen LogP contribution in [0.3, 0.4) is 0 Å². The first-order chi connectivity index (χ1) is 8.99. The van der Waals surface area contributed by atoms with Gasteiger partial charge in [-0.15, -0.1) is 0 Å². The molecule has 0 saturated heterocycles. The van der Waals surface area contributed by atoms with Crippen molar-refractivity contribution in [3.8, 4) is 0 Å². The van der Waals surface area contributed by atoms with Gasteiger partial charge in [-0.2, -0.15) is 0 Å². The van der Waals surface area contributed by atoms with Crippen molar-refractivity contribution < 1.29 is 9.90 Å². The number of carboxylic acids is 1. The van der Waals surface area contributed by atoms with E-state index in [-0.39, 0.29) is 5.56 Å². The van der Waals surface area contributed by atoms with E-state index in [1.165, 1.54) is 22.9 Å². The molecule has 0 fully saturated rings. The zero-order valence-corrected chi connectivity index (χ0v) is 11.6. The number of nitrogens with two attached hydrogens (primary N) is 1. The quantitative estimate of drug-likeness (QED) is 0.836. The van der Waals surface area contributed by atoms with Crippen molar-refractivity contribution in [2.24, 2.45) is 0 Å². The van der Waals surface area contributed by atoms with Gasteiger partial charge in [-0.3, -0.25) is 0 Å². The molecule has 0 amide bonds. The normalized spacial score (nSPS) is 10.4. The molecule has 98 valence electrons. The van der Waals surface area contributed by atoms with Gasteiger partial charge < -0.3 is 10.8 Å². The van der Waals surface area contributed by atoms with Crippen LogP contribution >= 0.6 is 11.8 Å². The monoisotopic (exact) mass is 273 g/mol. The van der Waals surface area contributed by atoms with Crippen LogP contribution in [0.15, 0.2) is 46.2 Å². The lowest BCUT2D eigenvalue weighted by Crippen LogP contribution is -2.01. The Balaban J connectivity index is 2.42. The fourth-order valence-corrected chi connectivity index (χ4v) is 2.79. The molecule has 19 heavy (non-hydrogen) atoms. The van der Waals surface area contributed by atoms with Gasteiger partial charge in [0.1, 0.15) is 0 Å². The zero-order valence-electron chi connectivity index (χ0n) is 10.8. The summed E-state index contributed by atoms with van der Waals surface area (Å²) in [5.74, 6) is -0.960. The van der Waals surface area contributed by atoms with Crippen molar-refractivity contribution >= 4 is 23.4 Å². The van der Waals surface area contributed by atoms with E-state index in [9.17, 15) is 9.90 Å². The molecule has 0 unspecified atom stereocenters. The van der Waals surface area contributed by atoms with E-state index in [1.54, 1.807) is 18.2 Å². The molecule has 0 atom stereocenters. The van der Waals surface area contributed by atoms with Crippen LogP contribution in [0.1, 0.15) is 21.5 Å². The van der Waals surface area contributed by atoms with Crippen molar-refractivity contribution in [2.45, 2.75) is 23.6 Å². The third-order valence-corrected chi connectivity index (χ3v) is 4.12. The molecule has 3 N–H and O–H groups in total. The topological polar surface area (TPSA) is 63.3 Å². The molecule has 0 aromatic heterocycles. The maximum Gasteiger partial charge on any atom is 0.336 e. The van der Waals surface area contributed by atoms with E-state index >= 15 is 0 Å². The fourth-order valence-electron chi connectivity index (χ4n) is 1.73. The van der Waals surface area contributed by atoms with Crippen LogP contribution in [0, 0.1) is 13.8 Å². The molecule has 2 rings (SSSR count). The predicted octanol–water partition coefficient (Wildman–Crippen LogP) is 3.74. The number of rotatable bonds is 3. The Kier molecular flexibility index (Phi) is 3.81. The Bertz CT molecular complexity index is 638. The van der Waals surface area contributed by atoms with Crippen molar-refractivity contribution in [1.29, 1.82) is 0 Å². The first-order valence-electron chi connectivity index (χ1n) is 5.86. The highest BCUT2D eigenvalue weighted by molar-refractivity contribution is 7.99. The molecule has 0 aliphatic heterocycles. The van der Waals surface area contributed by atoms with E-state index < -0.39 is 5.97 Å². The van der Waals surface area contributed by atoms with Crippen molar-refractivity contribution in [3.63, 3.8) is 0 Å². The Morgan fingerprint density at radius 3 is 2.53 bits per heavy atom. The van der Waals surface area contributed by atoms with Gasteiger partial charge in [0.15, 0.2) is 0 Å². The minimum atomic E-state index is -0.960. The molecule has 3 nitrogen and oxygen atoms in total. The summed E-state index contributed by atoms with van der Waals surface area (Å²) in [5, 5.41) is 9.20. The second-order valence-electron chi connectivity index (χ2n) is 4.38. The van der Waals surface area contributed by atoms with Crippen LogP contribution in [0.5, 0.6) is 0 Å². The minimum Gasteiger partial charge on any atom is -0.478 e. The Morgan fingerprint density at radius 1 is 1.16 bits per heavy atom. The molecular weight excluding hydrogens is 258 g/mol. The fraction of sp³-hybridized carbons (Fsp3) is 0.133. The first-order valence-corrected chi connectivity index (χ1v) is 6.67. The highest BCUT2D eigenvalue weighted by atomic mass is 32.2. The summed E-state index contributed by atoms with van der Waals surface area (Å²) < 4.78 is 0. The van der Waals surface area contributed by atoms with Gasteiger partial charge in [0.2, 0.25) is 0 Å². The second-order valence-corrected chi connectivity index (χ2v) is 5.46. The Morgan fingerprint density at radius 2 is 1.89 bits per heavy atom. The van der Waals surface area contributed by atoms with Gasteiger partial charge in [-0.05, 0) is 49.2 Å². The number of nitrogen functional groups attached to an aromatic ring is 1. The summed E-state index contributed by atoms with van der Waals surface area (Å²) in [7, 11) is 0. The largest absolute Gasteiger partial charge is 0.478 e. The summed E-state index contributed by atoms with van der Waals surface area (Å²) in [6.45, 7) is 4.08. The molecule has 2 aromatic rings. The average molecular weight is 273 g/mol. The molecule has 0 bridgehead atoms. The molecule has 0 heterocycles. The zero-order chi connectivity index (χ0) is 14.0. The number of hydrogen-bond acceptors (Lipinski definition) is 3.